The van der Waals surface area contributed by atoms with Gasteiger partial charge in [0, 0.05) is 0 Å². The first kappa shape index (κ1) is 12.6. The van der Waals surface area contributed by atoms with Gasteiger partial charge in [0.15, 0.2) is 5.78 Å². The molecule has 0 saturated heterocycles. The zero-order chi connectivity index (χ0) is 12.0. The average molecular weight is 220 g/mol. The summed E-state index contributed by atoms with van der Waals surface area (Å²) in [6.07, 6.45) is 5.36. The highest BCUT2D eigenvalue weighted by molar-refractivity contribution is 6.04. The first-order valence-corrected chi connectivity index (χ1v) is 5.64. The van der Waals surface area contributed by atoms with Gasteiger partial charge in [-0.3, -0.25) is 4.79 Å². The van der Waals surface area contributed by atoms with E-state index >= 15 is 0 Å². The van der Waals surface area contributed by atoms with Gasteiger partial charge in [-0.1, -0.05) is 32.4 Å². The largest absolute Gasteiger partial charge is 0.289 e. The summed E-state index contributed by atoms with van der Waals surface area (Å²) in [5, 5.41) is 0. The molecule has 0 aliphatic rings. The highest BCUT2D eigenvalue weighted by atomic mass is 19.1. The Hall–Kier alpha value is -1.44. The van der Waals surface area contributed by atoms with Gasteiger partial charge in [0.2, 0.25) is 0 Å². The van der Waals surface area contributed by atoms with Crippen molar-refractivity contribution in [2.75, 3.05) is 0 Å². The highest BCUT2D eigenvalue weighted by Crippen LogP contribution is 2.14. The minimum absolute atomic E-state index is 0.106. The second kappa shape index (κ2) is 6.21. The molecule has 0 aliphatic heterocycles. The molecule has 0 aliphatic carbocycles. The Bertz CT molecular complexity index is 382. The molecular formula is C14H17FO. The monoisotopic (exact) mass is 220 g/mol. The molecule has 0 saturated carbocycles. The first-order chi connectivity index (χ1) is 7.69. The Balaban J connectivity index is 2.74. The number of halogens is 1. The van der Waals surface area contributed by atoms with Crippen LogP contribution in [0.3, 0.4) is 0 Å². The number of hydrogen-bond donors (Lipinski definition) is 0. The number of ketones is 1. The lowest BCUT2D eigenvalue weighted by atomic mass is 10.0. The quantitative estimate of drug-likeness (QED) is 0.403. The Labute approximate surface area is 96.0 Å². The minimum atomic E-state index is -0.445. The van der Waals surface area contributed by atoms with Gasteiger partial charge in [-0.05, 0) is 36.6 Å². The maximum absolute atomic E-state index is 13.5. The number of unbranched alkanes of at least 4 members (excludes halogenated alkanes) is 2. The van der Waals surface area contributed by atoms with Crippen molar-refractivity contribution in [1.29, 1.82) is 0 Å². The number of allylic oxidation sites excluding steroid dienone is 1. The van der Waals surface area contributed by atoms with Crippen LogP contribution in [0.4, 0.5) is 4.39 Å². The van der Waals surface area contributed by atoms with Gasteiger partial charge in [-0.2, -0.15) is 0 Å². The van der Waals surface area contributed by atoms with E-state index in [-0.39, 0.29) is 11.3 Å². The van der Waals surface area contributed by atoms with E-state index in [4.69, 9.17) is 0 Å². The number of benzene rings is 1. The van der Waals surface area contributed by atoms with Crippen molar-refractivity contribution in [3.63, 3.8) is 0 Å². The maximum atomic E-state index is 13.5. The zero-order valence-corrected chi connectivity index (χ0v) is 9.63. The number of rotatable bonds is 6. The first-order valence-electron chi connectivity index (χ1n) is 5.64. The van der Waals surface area contributed by atoms with Crippen LogP contribution in [0.15, 0.2) is 30.9 Å². The lowest BCUT2D eigenvalue weighted by molar-refractivity contribution is 0.104. The summed E-state index contributed by atoms with van der Waals surface area (Å²) in [6.45, 7) is 5.48. The van der Waals surface area contributed by atoms with Gasteiger partial charge >= 0.3 is 0 Å². The molecule has 1 rings (SSSR count). The molecule has 2 heteroatoms. The van der Waals surface area contributed by atoms with Crippen LogP contribution in [0.1, 0.15) is 42.1 Å². The van der Waals surface area contributed by atoms with Crippen molar-refractivity contribution in [1.82, 2.24) is 0 Å². The van der Waals surface area contributed by atoms with E-state index < -0.39 is 5.82 Å². The van der Waals surface area contributed by atoms with Crippen molar-refractivity contribution in [3.8, 4) is 0 Å². The third-order valence-electron chi connectivity index (χ3n) is 2.55. The molecule has 0 atom stereocenters. The van der Waals surface area contributed by atoms with E-state index in [1.54, 1.807) is 6.07 Å². The number of carbonyl (C=O) groups is 1. The van der Waals surface area contributed by atoms with Gasteiger partial charge < -0.3 is 0 Å². The number of hydrogen-bond acceptors (Lipinski definition) is 1. The summed E-state index contributed by atoms with van der Waals surface area (Å²) in [5.74, 6) is -0.809. The van der Waals surface area contributed by atoms with E-state index in [0.29, 0.717) is 0 Å². The fourth-order valence-corrected chi connectivity index (χ4v) is 1.60. The Kier molecular flexibility index (Phi) is 4.90. The summed E-state index contributed by atoms with van der Waals surface area (Å²) >= 11 is 0. The van der Waals surface area contributed by atoms with Crippen LogP contribution in [0.5, 0.6) is 0 Å². The van der Waals surface area contributed by atoms with Gasteiger partial charge in [0.25, 0.3) is 0 Å². The van der Waals surface area contributed by atoms with Gasteiger partial charge in [-0.15, -0.1) is 0 Å². The van der Waals surface area contributed by atoms with E-state index in [9.17, 15) is 9.18 Å². The molecule has 0 aromatic heterocycles. The summed E-state index contributed by atoms with van der Waals surface area (Å²) in [6, 6.07) is 4.81. The molecule has 0 spiro atoms. The lowest BCUT2D eigenvalue weighted by Gasteiger charge is -2.03. The van der Waals surface area contributed by atoms with Crippen molar-refractivity contribution in [2.24, 2.45) is 0 Å². The van der Waals surface area contributed by atoms with Crippen LogP contribution < -0.4 is 0 Å². The van der Waals surface area contributed by atoms with E-state index in [1.165, 1.54) is 6.07 Å². The van der Waals surface area contributed by atoms with Crippen LogP contribution in [0, 0.1) is 5.82 Å². The average Bonchev–Trinajstić information content (AvgIpc) is 2.29. The third-order valence-corrected chi connectivity index (χ3v) is 2.55. The molecule has 1 nitrogen and oxygen atoms in total. The third kappa shape index (κ3) is 3.30. The molecular weight excluding hydrogens is 203 g/mol. The molecule has 0 amide bonds. The van der Waals surface area contributed by atoms with Crippen LogP contribution in [-0.2, 0) is 6.42 Å². The van der Waals surface area contributed by atoms with Gasteiger partial charge in [0.05, 0.1) is 5.56 Å². The van der Waals surface area contributed by atoms with Crippen LogP contribution in [-0.4, -0.2) is 5.78 Å². The molecule has 86 valence electrons. The second-order valence-electron chi connectivity index (χ2n) is 3.84. The Morgan fingerprint density at radius 2 is 2.19 bits per heavy atom. The van der Waals surface area contributed by atoms with E-state index in [0.717, 1.165) is 37.3 Å². The maximum Gasteiger partial charge on any atom is 0.188 e. The minimum Gasteiger partial charge on any atom is -0.289 e. The van der Waals surface area contributed by atoms with Gasteiger partial charge in [0.1, 0.15) is 5.82 Å². The van der Waals surface area contributed by atoms with Crippen LogP contribution >= 0.6 is 0 Å². The predicted molar refractivity (Wildman–Crippen MR) is 64.2 cm³/mol. The molecule has 0 unspecified atom stereocenters. The van der Waals surface area contributed by atoms with Crippen molar-refractivity contribution >= 4 is 5.78 Å². The molecule has 0 fully saturated rings. The molecule has 0 N–H and O–H groups in total. The topological polar surface area (TPSA) is 17.1 Å². The zero-order valence-electron chi connectivity index (χ0n) is 9.63. The molecule has 0 heterocycles. The van der Waals surface area contributed by atoms with E-state index in [2.05, 4.69) is 13.5 Å². The molecule has 1 aromatic carbocycles. The van der Waals surface area contributed by atoms with Crippen molar-refractivity contribution in [3.05, 3.63) is 47.8 Å². The molecule has 0 bridgehead atoms. The predicted octanol–water partition coefficient (Wildman–Crippen LogP) is 3.93. The summed E-state index contributed by atoms with van der Waals surface area (Å²) in [4.78, 5) is 11.2. The van der Waals surface area contributed by atoms with Gasteiger partial charge in [-0.25, -0.2) is 4.39 Å². The molecule has 16 heavy (non-hydrogen) atoms. The normalized spacial score (nSPS) is 10.1. The van der Waals surface area contributed by atoms with Crippen LogP contribution in [0.25, 0.3) is 0 Å². The SMILES string of the molecule is C=CC(=O)c1ccc(CCCCC)cc1F. The van der Waals surface area contributed by atoms with Crippen molar-refractivity contribution in [2.45, 2.75) is 32.6 Å². The number of aryl methyl sites for hydroxylation is 1. The summed E-state index contributed by atoms with van der Waals surface area (Å²) in [7, 11) is 0. The molecule has 0 radical (unpaired) electrons. The second-order valence-corrected chi connectivity index (χ2v) is 3.84. The molecule has 1 aromatic rings. The summed E-state index contributed by atoms with van der Waals surface area (Å²) in [5.41, 5.74) is 1.06. The smallest absolute Gasteiger partial charge is 0.188 e. The summed E-state index contributed by atoms with van der Waals surface area (Å²) < 4.78 is 13.5. The lowest BCUT2D eigenvalue weighted by Crippen LogP contribution is -1.99. The van der Waals surface area contributed by atoms with E-state index in [1.807, 2.05) is 6.07 Å². The highest BCUT2D eigenvalue weighted by Gasteiger charge is 2.08. The van der Waals surface area contributed by atoms with Crippen LogP contribution in [0.2, 0.25) is 0 Å². The Morgan fingerprint density at radius 3 is 2.75 bits per heavy atom. The number of carbonyl (C=O) groups excluding carboxylic acids is 1. The standard InChI is InChI=1S/C14H17FO/c1-3-5-6-7-11-8-9-12(13(15)10-11)14(16)4-2/h4,8-10H,2-3,5-7H2,1H3. The fraction of sp³-hybridized carbons (Fsp3) is 0.357. The fourth-order valence-electron chi connectivity index (χ4n) is 1.60. The van der Waals surface area contributed by atoms with Crippen molar-refractivity contribution < 1.29 is 9.18 Å². The Morgan fingerprint density at radius 1 is 1.44 bits per heavy atom.